The summed E-state index contributed by atoms with van der Waals surface area (Å²) in [5.74, 6) is 0.931. The topological polar surface area (TPSA) is 47.4 Å². The van der Waals surface area contributed by atoms with Gasteiger partial charge in [0, 0.05) is 24.2 Å². The van der Waals surface area contributed by atoms with Crippen molar-refractivity contribution >= 4 is 14.5 Å². The number of aromatic nitrogens is 2. The van der Waals surface area contributed by atoms with Crippen molar-refractivity contribution in [2.75, 3.05) is 0 Å². The third-order valence-electron chi connectivity index (χ3n) is 2.80. The van der Waals surface area contributed by atoms with Crippen molar-refractivity contribution in [1.29, 1.82) is 0 Å². The molecule has 1 heterocycles. The van der Waals surface area contributed by atoms with Gasteiger partial charge in [0.2, 0.25) is 8.32 Å². The van der Waals surface area contributed by atoms with E-state index in [1.165, 1.54) is 0 Å². The van der Waals surface area contributed by atoms with E-state index in [9.17, 15) is 0 Å². The van der Waals surface area contributed by atoms with E-state index in [2.05, 4.69) is 47.6 Å². The Kier molecular flexibility index (Phi) is 4.85. The van der Waals surface area contributed by atoms with Gasteiger partial charge in [-0.2, -0.15) is 0 Å². The summed E-state index contributed by atoms with van der Waals surface area (Å²) in [6, 6.07) is 8.11. The van der Waals surface area contributed by atoms with Crippen LogP contribution in [0.15, 0.2) is 47.8 Å². The van der Waals surface area contributed by atoms with E-state index in [1.54, 1.807) is 24.8 Å². The molecule has 1 aromatic heterocycles. The van der Waals surface area contributed by atoms with Gasteiger partial charge in [0.05, 0.1) is 17.9 Å². The minimum Gasteiger partial charge on any atom is -0.544 e. The number of hydrogen-bond acceptors (Lipinski definition) is 4. The highest BCUT2D eigenvalue weighted by atomic mass is 28.4. The molecule has 0 spiro atoms. The predicted octanol–water partition coefficient (Wildman–Crippen LogP) is 3.87. The van der Waals surface area contributed by atoms with Crippen molar-refractivity contribution in [2.45, 2.75) is 32.6 Å². The first kappa shape index (κ1) is 15.4. The molecule has 4 nitrogen and oxygen atoms in total. The first-order chi connectivity index (χ1) is 9.96. The number of para-hydroxylation sites is 1. The lowest BCUT2D eigenvalue weighted by Crippen LogP contribution is -2.29. The lowest BCUT2D eigenvalue weighted by Gasteiger charge is -2.22. The number of hydrogen-bond donors (Lipinski definition) is 0. The molecular formula is C16H21N3OSi. The molecule has 0 aliphatic heterocycles. The first-order valence-corrected chi connectivity index (χ1v) is 10.4. The molecule has 2 rings (SSSR count). The summed E-state index contributed by atoms with van der Waals surface area (Å²) in [4.78, 5) is 12.8. The summed E-state index contributed by atoms with van der Waals surface area (Å²) in [5, 5.41) is 0. The Hall–Kier alpha value is -2.01. The van der Waals surface area contributed by atoms with Crippen LogP contribution >= 0.6 is 0 Å². The third-order valence-corrected chi connectivity index (χ3v) is 3.63. The second kappa shape index (κ2) is 6.63. The van der Waals surface area contributed by atoms with Gasteiger partial charge >= 0.3 is 0 Å². The Morgan fingerprint density at radius 2 is 1.95 bits per heavy atom. The van der Waals surface area contributed by atoms with Crippen molar-refractivity contribution in [2.24, 2.45) is 4.99 Å². The molecule has 0 saturated heterocycles. The predicted molar refractivity (Wildman–Crippen MR) is 88.5 cm³/mol. The maximum Gasteiger partial charge on any atom is 0.242 e. The number of nitrogens with zero attached hydrogens (tertiary/aromatic N) is 3. The van der Waals surface area contributed by atoms with Gasteiger partial charge in [0.25, 0.3) is 0 Å². The average molecular weight is 299 g/mol. The SMILES string of the molecule is CC(N=Cc1cnccn1)c1ccccc1O[Si](C)(C)C. The van der Waals surface area contributed by atoms with Crippen molar-refractivity contribution in [1.82, 2.24) is 9.97 Å². The molecule has 0 aliphatic carbocycles. The van der Waals surface area contributed by atoms with Crippen LogP contribution in [0.4, 0.5) is 0 Å². The molecule has 1 atom stereocenters. The Labute approximate surface area is 127 Å². The van der Waals surface area contributed by atoms with Gasteiger partial charge in [-0.1, -0.05) is 18.2 Å². The first-order valence-electron chi connectivity index (χ1n) is 7.03. The monoisotopic (exact) mass is 299 g/mol. The average Bonchev–Trinajstić information content (AvgIpc) is 2.45. The third kappa shape index (κ3) is 4.79. The van der Waals surface area contributed by atoms with E-state index in [0.29, 0.717) is 0 Å². The van der Waals surface area contributed by atoms with Gasteiger partial charge in [-0.15, -0.1) is 0 Å². The second-order valence-electron chi connectivity index (χ2n) is 5.84. The summed E-state index contributed by atoms with van der Waals surface area (Å²) >= 11 is 0. The molecule has 0 N–H and O–H groups in total. The fourth-order valence-corrected chi connectivity index (χ4v) is 2.74. The van der Waals surface area contributed by atoms with Crippen molar-refractivity contribution < 1.29 is 4.43 Å². The van der Waals surface area contributed by atoms with Crippen LogP contribution in [-0.4, -0.2) is 24.5 Å². The van der Waals surface area contributed by atoms with Crippen molar-refractivity contribution in [3.63, 3.8) is 0 Å². The minimum atomic E-state index is -1.64. The quantitative estimate of drug-likeness (QED) is 0.622. The van der Waals surface area contributed by atoms with Crippen LogP contribution in [0, 0.1) is 0 Å². The van der Waals surface area contributed by atoms with E-state index in [4.69, 9.17) is 4.43 Å². The van der Waals surface area contributed by atoms with E-state index >= 15 is 0 Å². The van der Waals surface area contributed by atoms with E-state index in [0.717, 1.165) is 17.0 Å². The Morgan fingerprint density at radius 3 is 2.62 bits per heavy atom. The van der Waals surface area contributed by atoms with Gasteiger partial charge in [0.15, 0.2) is 0 Å². The fraction of sp³-hybridized carbons (Fsp3) is 0.312. The van der Waals surface area contributed by atoms with Gasteiger partial charge in [0.1, 0.15) is 5.75 Å². The van der Waals surface area contributed by atoms with Gasteiger partial charge < -0.3 is 4.43 Å². The second-order valence-corrected chi connectivity index (χ2v) is 10.3. The number of benzene rings is 1. The smallest absolute Gasteiger partial charge is 0.242 e. The van der Waals surface area contributed by atoms with Crippen LogP contribution < -0.4 is 4.43 Å². The zero-order valence-corrected chi connectivity index (χ0v) is 13.9. The molecule has 0 saturated carbocycles. The lowest BCUT2D eigenvalue weighted by atomic mass is 10.1. The Morgan fingerprint density at radius 1 is 1.19 bits per heavy atom. The highest BCUT2D eigenvalue weighted by Crippen LogP contribution is 2.29. The van der Waals surface area contributed by atoms with E-state index in [-0.39, 0.29) is 6.04 Å². The van der Waals surface area contributed by atoms with Crippen LogP contribution in [0.25, 0.3) is 0 Å². The lowest BCUT2D eigenvalue weighted by molar-refractivity contribution is 0.543. The van der Waals surface area contributed by atoms with Crippen LogP contribution in [-0.2, 0) is 0 Å². The molecular weight excluding hydrogens is 278 g/mol. The zero-order chi connectivity index (χ0) is 15.3. The largest absolute Gasteiger partial charge is 0.544 e. The van der Waals surface area contributed by atoms with Crippen LogP contribution in [0.3, 0.4) is 0 Å². The van der Waals surface area contributed by atoms with Crippen LogP contribution in [0.5, 0.6) is 5.75 Å². The molecule has 0 fully saturated rings. The highest BCUT2D eigenvalue weighted by Gasteiger charge is 2.19. The molecule has 0 bridgehead atoms. The van der Waals surface area contributed by atoms with Crippen LogP contribution in [0.1, 0.15) is 24.2 Å². The van der Waals surface area contributed by atoms with Gasteiger partial charge in [-0.25, -0.2) is 0 Å². The van der Waals surface area contributed by atoms with E-state index < -0.39 is 8.32 Å². The van der Waals surface area contributed by atoms with Gasteiger partial charge in [-0.3, -0.25) is 15.0 Å². The molecule has 0 aliphatic rings. The van der Waals surface area contributed by atoms with Crippen molar-refractivity contribution in [3.8, 4) is 5.75 Å². The van der Waals surface area contributed by atoms with Gasteiger partial charge in [-0.05, 0) is 32.6 Å². The maximum absolute atomic E-state index is 6.14. The summed E-state index contributed by atoms with van der Waals surface area (Å²) in [5.41, 5.74) is 1.85. The maximum atomic E-state index is 6.14. The standard InChI is InChI=1S/C16H21N3OSi/c1-13(19-12-14-11-17-9-10-18-14)15-7-5-6-8-16(15)20-21(2,3)4/h5-13H,1-4H3. The highest BCUT2D eigenvalue weighted by molar-refractivity contribution is 6.70. The molecule has 0 radical (unpaired) electrons. The van der Waals surface area contributed by atoms with E-state index in [1.807, 2.05) is 18.2 Å². The summed E-state index contributed by atoms with van der Waals surface area (Å²) in [7, 11) is -1.64. The fourth-order valence-electron chi connectivity index (χ4n) is 1.89. The van der Waals surface area contributed by atoms with Crippen molar-refractivity contribution in [3.05, 3.63) is 54.1 Å². The molecule has 21 heavy (non-hydrogen) atoms. The summed E-state index contributed by atoms with van der Waals surface area (Å²) in [6.45, 7) is 8.59. The molecule has 0 amide bonds. The molecule has 1 unspecified atom stereocenters. The minimum absolute atomic E-state index is 0.0135. The summed E-state index contributed by atoms with van der Waals surface area (Å²) < 4.78 is 6.14. The number of aliphatic imine (C=N–C) groups is 1. The Balaban J connectivity index is 2.19. The molecule has 5 heteroatoms. The normalized spacial score (nSPS) is 13.3. The number of rotatable bonds is 5. The molecule has 2 aromatic rings. The molecule has 110 valence electrons. The summed E-state index contributed by atoms with van der Waals surface area (Å²) in [6.07, 6.45) is 6.76. The molecule has 1 aromatic carbocycles. The Bertz CT molecular complexity index is 608. The van der Waals surface area contributed by atoms with Crippen LogP contribution in [0.2, 0.25) is 19.6 Å². The zero-order valence-electron chi connectivity index (χ0n) is 12.9.